The van der Waals surface area contributed by atoms with Crippen molar-refractivity contribution in [2.45, 2.75) is 46.5 Å². The molecule has 96 valence electrons. The number of nitrogens with zero attached hydrogens (tertiary/aromatic N) is 2. The summed E-state index contributed by atoms with van der Waals surface area (Å²) in [7, 11) is 1.83. The lowest BCUT2D eigenvalue weighted by molar-refractivity contribution is 0.180. The summed E-state index contributed by atoms with van der Waals surface area (Å²) in [4.78, 5) is 15.6. The van der Waals surface area contributed by atoms with Crippen molar-refractivity contribution in [2.75, 3.05) is 13.6 Å². The number of amides is 2. The average molecular weight is 236 g/mol. The molecule has 0 aromatic heterocycles. The number of hydrogen-bond acceptors (Lipinski definition) is 1. The smallest absolute Gasteiger partial charge is 0.301 e. The van der Waals surface area contributed by atoms with Crippen LogP contribution >= 0.6 is 0 Å². The lowest BCUT2D eigenvalue weighted by atomic mass is 10.1. The van der Waals surface area contributed by atoms with E-state index in [1.165, 1.54) is 19.3 Å². The Morgan fingerprint density at radius 2 is 1.82 bits per heavy atom. The summed E-state index contributed by atoms with van der Waals surface area (Å²) in [6, 6.07) is 0.0506. The van der Waals surface area contributed by atoms with Crippen LogP contribution in [0.2, 0.25) is 0 Å². The first-order chi connectivity index (χ1) is 8.00. The summed E-state index contributed by atoms with van der Waals surface area (Å²) in [5.41, 5.74) is 2.98. The van der Waals surface area contributed by atoms with E-state index < -0.39 is 0 Å². The normalized spacial score (nSPS) is 17.2. The molecular weight excluding hydrogens is 212 g/mol. The van der Waals surface area contributed by atoms with E-state index in [2.05, 4.69) is 13.5 Å². The Labute approximate surface area is 105 Å². The van der Waals surface area contributed by atoms with Crippen LogP contribution in [0, 0.1) is 0 Å². The number of carbonyl (C=O) groups excluding carboxylic acids is 1. The van der Waals surface area contributed by atoms with Crippen molar-refractivity contribution in [1.82, 2.24) is 9.80 Å². The Balaban J connectivity index is 2.67. The zero-order valence-electron chi connectivity index (χ0n) is 11.5. The van der Waals surface area contributed by atoms with Gasteiger partial charge in [0.2, 0.25) is 0 Å². The van der Waals surface area contributed by atoms with E-state index >= 15 is 0 Å². The molecule has 0 aromatic carbocycles. The number of urea groups is 1. The molecule has 0 radical (unpaired) electrons. The maximum Gasteiger partial charge on any atom is 0.328 e. The monoisotopic (exact) mass is 236 g/mol. The minimum Gasteiger partial charge on any atom is -0.301 e. The van der Waals surface area contributed by atoms with Crippen LogP contribution in [0.15, 0.2) is 23.5 Å². The largest absolute Gasteiger partial charge is 0.328 e. The van der Waals surface area contributed by atoms with Crippen LogP contribution < -0.4 is 0 Å². The summed E-state index contributed by atoms with van der Waals surface area (Å²) >= 11 is 0. The van der Waals surface area contributed by atoms with Crippen LogP contribution in [-0.2, 0) is 0 Å². The number of allylic oxidation sites excluding steroid dienone is 2. The predicted molar refractivity (Wildman–Crippen MR) is 71.5 cm³/mol. The highest BCUT2D eigenvalue weighted by Gasteiger charge is 2.28. The second-order valence-corrected chi connectivity index (χ2v) is 4.71. The minimum absolute atomic E-state index is 0.0506. The number of unbranched alkanes of at least 4 members (excludes halogenated alkanes) is 3. The van der Waals surface area contributed by atoms with Crippen molar-refractivity contribution < 1.29 is 4.79 Å². The van der Waals surface area contributed by atoms with Gasteiger partial charge in [-0.05, 0) is 25.8 Å². The van der Waals surface area contributed by atoms with Crippen molar-refractivity contribution in [1.29, 1.82) is 0 Å². The highest BCUT2D eigenvalue weighted by molar-refractivity contribution is 5.81. The fraction of sp³-hybridized carbons (Fsp3) is 0.643. The van der Waals surface area contributed by atoms with E-state index in [0.29, 0.717) is 0 Å². The molecule has 3 heteroatoms. The van der Waals surface area contributed by atoms with E-state index in [9.17, 15) is 4.79 Å². The first-order valence-electron chi connectivity index (χ1n) is 6.42. The van der Waals surface area contributed by atoms with E-state index in [4.69, 9.17) is 0 Å². The Bertz CT molecular complexity index is 344. The second-order valence-electron chi connectivity index (χ2n) is 4.71. The van der Waals surface area contributed by atoms with E-state index in [-0.39, 0.29) is 6.03 Å². The fourth-order valence-corrected chi connectivity index (χ4v) is 2.03. The van der Waals surface area contributed by atoms with Gasteiger partial charge >= 0.3 is 6.03 Å². The first-order valence-corrected chi connectivity index (χ1v) is 6.42. The highest BCUT2D eigenvalue weighted by atomic mass is 16.2. The van der Waals surface area contributed by atoms with Gasteiger partial charge in [0.15, 0.2) is 0 Å². The van der Waals surface area contributed by atoms with Gasteiger partial charge in [-0.15, -0.1) is 0 Å². The van der Waals surface area contributed by atoms with Crippen molar-refractivity contribution >= 4 is 6.03 Å². The fourth-order valence-electron chi connectivity index (χ4n) is 2.03. The molecule has 0 aliphatic carbocycles. The van der Waals surface area contributed by atoms with Gasteiger partial charge in [0.1, 0.15) is 0 Å². The Morgan fingerprint density at radius 3 is 2.41 bits per heavy atom. The molecule has 0 bridgehead atoms. The molecule has 0 unspecified atom stereocenters. The quantitative estimate of drug-likeness (QED) is 0.667. The van der Waals surface area contributed by atoms with Gasteiger partial charge < -0.3 is 4.90 Å². The average Bonchev–Trinajstić information content (AvgIpc) is 2.33. The SMILES string of the molecule is C=C1C(C)=C(C)N(C)C(=O)N1CCCCCC. The van der Waals surface area contributed by atoms with Crippen molar-refractivity contribution in [3.8, 4) is 0 Å². The molecule has 2 amide bonds. The summed E-state index contributed by atoms with van der Waals surface area (Å²) in [5, 5.41) is 0. The molecule has 0 N–H and O–H groups in total. The van der Waals surface area contributed by atoms with Crippen LogP contribution in [0.1, 0.15) is 46.5 Å². The van der Waals surface area contributed by atoms with E-state index in [1.54, 1.807) is 9.80 Å². The predicted octanol–water partition coefficient (Wildman–Crippen LogP) is 3.74. The topological polar surface area (TPSA) is 23.6 Å². The summed E-state index contributed by atoms with van der Waals surface area (Å²) in [5.74, 6) is 0. The molecule has 17 heavy (non-hydrogen) atoms. The molecular formula is C14H24N2O. The minimum atomic E-state index is 0.0506. The molecule has 0 atom stereocenters. The molecule has 0 saturated heterocycles. The van der Waals surface area contributed by atoms with Gasteiger partial charge in [-0.1, -0.05) is 32.8 Å². The molecule has 0 aromatic rings. The molecule has 1 rings (SSSR count). The zero-order chi connectivity index (χ0) is 13.0. The van der Waals surface area contributed by atoms with Gasteiger partial charge in [0.25, 0.3) is 0 Å². The maximum atomic E-state index is 12.1. The third-order valence-electron chi connectivity index (χ3n) is 3.56. The summed E-state index contributed by atoms with van der Waals surface area (Å²) in [6.07, 6.45) is 4.68. The number of rotatable bonds is 5. The van der Waals surface area contributed by atoms with Gasteiger partial charge in [0.05, 0.1) is 0 Å². The molecule has 1 heterocycles. The van der Waals surface area contributed by atoms with Crippen LogP contribution in [0.4, 0.5) is 4.79 Å². The Hall–Kier alpha value is -1.25. The van der Waals surface area contributed by atoms with Gasteiger partial charge in [-0.25, -0.2) is 4.79 Å². The standard InChI is InChI=1S/C14H24N2O/c1-6-7-8-9-10-16-13(4)11(2)12(3)15(5)14(16)17/h4,6-10H2,1-3,5H3. The second kappa shape index (κ2) is 5.89. The van der Waals surface area contributed by atoms with E-state index in [1.807, 2.05) is 20.9 Å². The molecule has 3 nitrogen and oxygen atoms in total. The highest BCUT2D eigenvalue weighted by Crippen LogP contribution is 2.26. The zero-order valence-corrected chi connectivity index (χ0v) is 11.5. The lowest BCUT2D eigenvalue weighted by Crippen LogP contribution is -2.44. The van der Waals surface area contributed by atoms with Crippen molar-refractivity contribution in [3.05, 3.63) is 23.5 Å². The van der Waals surface area contributed by atoms with E-state index in [0.717, 1.165) is 29.9 Å². The molecule has 0 saturated carbocycles. The van der Waals surface area contributed by atoms with Crippen molar-refractivity contribution in [2.24, 2.45) is 0 Å². The van der Waals surface area contributed by atoms with Crippen LogP contribution in [-0.4, -0.2) is 29.4 Å². The van der Waals surface area contributed by atoms with Crippen LogP contribution in [0.5, 0.6) is 0 Å². The summed E-state index contributed by atoms with van der Waals surface area (Å²) in [6.45, 7) is 11.0. The Kier molecular flexibility index (Phi) is 4.79. The van der Waals surface area contributed by atoms with Crippen molar-refractivity contribution in [3.63, 3.8) is 0 Å². The summed E-state index contributed by atoms with van der Waals surface area (Å²) < 4.78 is 0. The van der Waals surface area contributed by atoms with Gasteiger partial charge in [-0.3, -0.25) is 4.90 Å². The van der Waals surface area contributed by atoms with Gasteiger partial charge in [0, 0.05) is 25.0 Å². The number of carbonyl (C=O) groups is 1. The molecule has 1 aliphatic heterocycles. The third-order valence-corrected chi connectivity index (χ3v) is 3.56. The molecule has 0 spiro atoms. The third kappa shape index (κ3) is 2.90. The van der Waals surface area contributed by atoms with Crippen LogP contribution in [0.3, 0.4) is 0 Å². The number of hydrogen-bond donors (Lipinski definition) is 0. The maximum absolute atomic E-state index is 12.1. The van der Waals surface area contributed by atoms with Crippen LogP contribution in [0.25, 0.3) is 0 Å². The lowest BCUT2D eigenvalue weighted by Gasteiger charge is -2.36. The van der Waals surface area contributed by atoms with Gasteiger partial charge in [-0.2, -0.15) is 0 Å². The molecule has 0 fully saturated rings. The first kappa shape index (κ1) is 13.8. The Morgan fingerprint density at radius 1 is 1.18 bits per heavy atom. The molecule has 1 aliphatic rings.